The van der Waals surface area contributed by atoms with Gasteiger partial charge in [-0.1, -0.05) is 36.4 Å². The van der Waals surface area contributed by atoms with Crippen LogP contribution in [-0.4, -0.2) is 0 Å². The molecule has 0 aliphatic heterocycles. The van der Waals surface area contributed by atoms with Gasteiger partial charge in [0.05, 0.1) is 17.7 Å². The van der Waals surface area contributed by atoms with Crippen LogP contribution in [0, 0.1) is 22.7 Å². The summed E-state index contributed by atoms with van der Waals surface area (Å²) in [7, 11) is 0. The van der Waals surface area contributed by atoms with E-state index in [4.69, 9.17) is 15.3 Å². The van der Waals surface area contributed by atoms with E-state index in [1.807, 2.05) is 48.5 Å². The molecular weight excluding hydrogens is 248 g/mol. The number of hydrogen-bond acceptors (Lipinski definition) is 3. The summed E-state index contributed by atoms with van der Waals surface area (Å²) in [5.41, 5.74) is 2.29. The summed E-state index contributed by atoms with van der Waals surface area (Å²) in [6.07, 6.45) is 3.11. The Hall–Kier alpha value is -3.04. The fraction of sp³-hybridized carbons (Fsp3) is 0.0588. The fourth-order valence-corrected chi connectivity index (χ4v) is 1.79. The molecule has 0 N–H and O–H groups in total. The lowest BCUT2D eigenvalue weighted by Gasteiger charge is -2.10. The van der Waals surface area contributed by atoms with Crippen LogP contribution in [0.25, 0.3) is 6.08 Å². The van der Waals surface area contributed by atoms with Gasteiger partial charge in [0.25, 0.3) is 0 Å². The van der Waals surface area contributed by atoms with Crippen molar-refractivity contribution in [1.82, 2.24) is 0 Å². The molecule has 0 heterocycles. The van der Waals surface area contributed by atoms with Crippen LogP contribution in [0.5, 0.6) is 5.75 Å². The van der Waals surface area contributed by atoms with Crippen LogP contribution < -0.4 is 4.74 Å². The third-order valence-corrected chi connectivity index (χ3v) is 2.78. The molecule has 3 nitrogen and oxygen atoms in total. The lowest BCUT2D eigenvalue weighted by molar-refractivity contribution is 0.305. The summed E-state index contributed by atoms with van der Waals surface area (Å²) < 4.78 is 5.75. The number of benzene rings is 2. The molecule has 0 atom stereocenters. The lowest BCUT2D eigenvalue weighted by Crippen LogP contribution is -1.99. The second-order valence-electron chi connectivity index (χ2n) is 4.06. The van der Waals surface area contributed by atoms with Gasteiger partial charge in [-0.05, 0) is 18.2 Å². The molecule has 96 valence electrons. The molecule has 2 rings (SSSR count). The average molecular weight is 260 g/mol. The summed E-state index contributed by atoms with van der Waals surface area (Å²) in [5, 5.41) is 17.6. The highest BCUT2D eigenvalue weighted by atomic mass is 16.5. The van der Waals surface area contributed by atoms with E-state index in [2.05, 4.69) is 6.07 Å². The molecule has 0 bridgehead atoms. The minimum atomic E-state index is 0.321. The van der Waals surface area contributed by atoms with Crippen LogP contribution in [0.1, 0.15) is 16.7 Å². The van der Waals surface area contributed by atoms with Gasteiger partial charge in [-0.3, -0.25) is 0 Å². The van der Waals surface area contributed by atoms with Gasteiger partial charge >= 0.3 is 0 Å². The fourth-order valence-electron chi connectivity index (χ4n) is 1.79. The van der Waals surface area contributed by atoms with Crippen molar-refractivity contribution in [1.29, 1.82) is 10.5 Å². The summed E-state index contributed by atoms with van der Waals surface area (Å²) in [6.45, 7) is 0.321. The van der Waals surface area contributed by atoms with Crippen LogP contribution in [0.4, 0.5) is 0 Å². The molecule has 0 aliphatic rings. The molecule has 2 aromatic rings. The average Bonchev–Trinajstić information content (AvgIpc) is 2.52. The molecule has 3 heteroatoms. The van der Waals surface area contributed by atoms with Crippen molar-refractivity contribution in [3.8, 4) is 17.9 Å². The largest absolute Gasteiger partial charge is 0.488 e. The van der Waals surface area contributed by atoms with Gasteiger partial charge in [0.15, 0.2) is 0 Å². The molecule has 0 saturated heterocycles. The van der Waals surface area contributed by atoms with Crippen molar-refractivity contribution in [2.45, 2.75) is 6.61 Å². The minimum Gasteiger partial charge on any atom is -0.488 e. The Labute approximate surface area is 118 Å². The third kappa shape index (κ3) is 3.25. The summed E-state index contributed by atoms with van der Waals surface area (Å²) in [6, 6.07) is 18.9. The van der Waals surface area contributed by atoms with E-state index in [9.17, 15) is 0 Å². The van der Waals surface area contributed by atoms with Crippen LogP contribution in [0.3, 0.4) is 0 Å². The molecule has 2 aromatic carbocycles. The highest BCUT2D eigenvalue weighted by Crippen LogP contribution is 2.21. The molecule has 0 unspecified atom stereocenters. The zero-order chi connectivity index (χ0) is 14.2. The Morgan fingerprint density at radius 2 is 1.75 bits per heavy atom. The van der Waals surface area contributed by atoms with E-state index >= 15 is 0 Å². The summed E-state index contributed by atoms with van der Waals surface area (Å²) in [5.74, 6) is 0.687. The maximum Gasteiger partial charge on any atom is 0.127 e. The maximum atomic E-state index is 9.03. The van der Waals surface area contributed by atoms with Gasteiger partial charge in [0.1, 0.15) is 12.4 Å². The second kappa shape index (κ2) is 6.78. The Kier molecular flexibility index (Phi) is 4.54. The molecular formula is C17H12N2O. The SMILES string of the molecule is N#CC=Cc1ccccc1OCc1ccccc1C#N. The smallest absolute Gasteiger partial charge is 0.127 e. The van der Waals surface area contributed by atoms with E-state index in [0.29, 0.717) is 17.9 Å². The van der Waals surface area contributed by atoms with Crippen molar-refractivity contribution in [2.24, 2.45) is 0 Å². The summed E-state index contributed by atoms with van der Waals surface area (Å²) in [4.78, 5) is 0. The van der Waals surface area contributed by atoms with E-state index in [-0.39, 0.29) is 0 Å². The molecule has 0 aromatic heterocycles. The predicted octanol–water partition coefficient (Wildman–Crippen LogP) is 3.67. The molecule has 0 aliphatic carbocycles. The van der Waals surface area contributed by atoms with Gasteiger partial charge in [-0.2, -0.15) is 10.5 Å². The van der Waals surface area contributed by atoms with E-state index < -0.39 is 0 Å². The Morgan fingerprint density at radius 1 is 1.00 bits per heavy atom. The monoisotopic (exact) mass is 260 g/mol. The Morgan fingerprint density at radius 3 is 2.55 bits per heavy atom. The zero-order valence-electron chi connectivity index (χ0n) is 10.8. The van der Waals surface area contributed by atoms with Crippen molar-refractivity contribution >= 4 is 6.08 Å². The molecule has 0 radical (unpaired) electrons. The highest BCUT2D eigenvalue weighted by Gasteiger charge is 2.04. The van der Waals surface area contributed by atoms with Crippen LogP contribution in [-0.2, 0) is 6.61 Å². The van der Waals surface area contributed by atoms with Crippen LogP contribution in [0.2, 0.25) is 0 Å². The quantitative estimate of drug-likeness (QED) is 0.788. The number of ether oxygens (including phenoxy) is 1. The molecule has 0 spiro atoms. The van der Waals surface area contributed by atoms with Crippen molar-refractivity contribution < 1.29 is 4.74 Å². The third-order valence-electron chi connectivity index (χ3n) is 2.78. The number of hydrogen-bond donors (Lipinski definition) is 0. The van der Waals surface area contributed by atoms with Crippen LogP contribution in [0.15, 0.2) is 54.6 Å². The van der Waals surface area contributed by atoms with Crippen LogP contribution >= 0.6 is 0 Å². The van der Waals surface area contributed by atoms with Gasteiger partial charge in [0.2, 0.25) is 0 Å². The molecule has 0 fully saturated rings. The number of para-hydroxylation sites is 1. The number of rotatable bonds is 4. The van der Waals surface area contributed by atoms with Crippen molar-refractivity contribution in [3.63, 3.8) is 0 Å². The maximum absolute atomic E-state index is 9.03. The molecule has 20 heavy (non-hydrogen) atoms. The minimum absolute atomic E-state index is 0.321. The first-order chi connectivity index (χ1) is 9.85. The van der Waals surface area contributed by atoms with Gasteiger partial charge in [-0.25, -0.2) is 0 Å². The standard InChI is InChI=1S/C17H12N2O/c18-11-5-9-14-6-3-4-10-17(14)20-13-16-8-2-1-7-15(16)12-19/h1-10H,13H2. The predicted molar refractivity (Wildman–Crippen MR) is 76.6 cm³/mol. The van der Waals surface area contributed by atoms with E-state index in [1.54, 1.807) is 12.1 Å². The number of nitrogens with zero attached hydrogens (tertiary/aromatic N) is 2. The number of nitriles is 2. The normalized spacial score (nSPS) is 9.90. The summed E-state index contributed by atoms with van der Waals surface area (Å²) >= 11 is 0. The van der Waals surface area contributed by atoms with Crippen molar-refractivity contribution in [2.75, 3.05) is 0 Å². The van der Waals surface area contributed by atoms with E-state index in [0.717, 1.165) is 11.1 Å². The van der Waals surface area contributed by atoms with E-state index in [1.165, 1.54) is 6.08 Å². The van der Waals surface area contributed by atoms with Gasteiger partial charge in [0, 0.05) is 17.2 Å². The first-order valence-corrected chi connectivity index (χ1v) is 6.11. The lowest BCUT2D eigenvalue weighted by atomic mass is 10.1. The highest BCUT2D eigenvalue weighted by molar-refractivity contribution is 5.58. The Balaban J connectivity index is 2.18. The van der Waals surface area contributed by atoms with Crippen molar-refractivity contribution in [3.05, 3.63) is 71.3 Å². The van der Waals surface area contributed by atoms with Gasteiger partial charge < -0.3 is 4.74 Å². The Bertz CT molecular complexity index is 705. The topological polar surface area (TPSA) is 56.8 Å². The first kappa shape index (κ1) is 13.4. The van der Waals surface area contributed by atoms with Gasteiger partial charge in [-0.15, -0.1) is 0 Å². The zero-order valence-corrected chi connectivity index (χ0v) is 10.8. The second-order valence-corrected chi connectivity index (χ2v) is 4.06. The molecule has 0 saturated carbocycles. The first-order valence-electron chi connectivity index (χ1n) is 6.11. The number of allylic oxidation sites excluding steroid dienone is 1. The molecule has 0 amide bonds.